The van der Waals surface area contributed by atoms with Gasteiger partial charge in [0.15, 0.2) is 0 Å². The van der Waals surface area contributed by atoms with Gasteiger partial charge in [0.05, 0.1) is 0 Å². The van der Waals surface area contributed by atoms with Crippen molar-refractivity contribution in [3.63, 3.8) is 0 Å². The molecule has 4 nitrogen and oxygen atoms in total. The Morgan fingerprint density at radius 3 is 2.04 bits per heavy atom. The van der Waals surface area contributed by atoms with Crippen LogP contribution in [0.1, 0.15) is 48.9 Å². The molecule has 2 fully saturated rings. The van der Waals surface area contributed by atoms with Crippen LogP contribution in [0.15, 0.2) is 48.8 Å². The molecule has 0 N–H and O–H groups in total. The summed E-state index contributed by atoms with van der Waals surface area (Å²) in [6.07, 6.45) is 11.7. The Morgan fingerprint density at radius 2 is 1.42 bits per heavy atom. The molecule has 1 aromatic carbocycles. The van der Waals surface area contributed by atoms with Crippen LogP contribution in [-0.4, -0.2) is 52.5 Å². The van der Waals surface area contributed by atoms with Gasteiger partial charge in [-0.25, -0.2) is 0 Å². The van der Waals surface area contributed by atoms with Crippen LogP contribution in [0.4, 0.5) is 0 Å². The van der Waals surface area contributed by atoms with E-state index >= 15 is 0 Å². The summed E-state index contributed by atoms with van der Waals surface area (Å²) in [6.45, 7) is 4.28. The van der Waals surface area contributed by atoms with Crippen LogP contribution in [0, 0.1) is 0 Å². The summed E-state index contributed by atoms with van der Waals surface area (Å²) in [5.74, 6) is 0.179. The Kier molecular flexibility index (Phi) is 5.40. The maximum absolute atomic E-state index is 12.8. The molecular weight excluding hydrogens is 322 g/mol. The quantitative estimate of drug-likeness (QED) is 0.837. The Hall–Kier alpha value is -2.07. The number of benzene rings is 1. The van der Waals surface area contributed by atoms with E-state index in [1.807, 2.05) is 53.7 Å². The molecular formula is C22H29N3O. The van der Waals surface area contributed by atoms with Crippen molar-refractivity contribution in [2.75, 3.05) is 26.2 Å². The van der Waals surface area contributed by atoms with Crippen LogP contribution in [0.25, 0.3) is 5.69 Å². The number of rotatable bonds is 3. The molecule has 138 valence electrons. The predicted molar refractivity (Wildman–Crippen MR) is 105 cm³/mol. The summed E-state index contributed by atoms with van der Waals surface area (Å²) in [5.41, 5.74) is 1.89. The van der Waals surface area contributed by atoms with Gasteiger partial charge in [-0.2, -0.15) is 0 Å². The fourth-order valence-corrected chi connectivity index (χ4v) is 4.36. The normalized spacial score (nSPS) is 20.1. The number of amides is 1. The van der Waals surface area contributed by atoms with E-state index in [0.717, 1.165) is 37.2 Å². The number of hydrogen-bond donors (Lipinski definition) is 0. The third-order valence-corrected chi connectivity index (χ3v) is 5.93. The Balaban J connectivity index is 1.34. The monoisotopic (exact) mass is 351 g/mol. The second kappa shape index (κ2) is 8.09. The molecule has 4 rings (SSSR count). The van der Waals surface area contributed by atoms with Gasteiger partial charge in [0.25, 0.3) is 5.91 Å². The Morgan fingerprint density at radius 1 is 0.808 bits per heavy atom. The molecule has 26 heavy (non-hydrogen) atoms. The first-order chi connectivity index (χ1) is 12.8. The number of carbonyl (C=O) groups excluding carboxylic acids is 1. The molecule has 2 aromatic rings. The molecule has 3 heterocycles. The van der Waals surface area contributed by atoms with Crippen molar-refractivity contribution in [1.29, 1.82) is 0 Å². The summed E-state index contributed by atoms with van der Waals surface area (Å²) in [7, 11) is 0. The van der Waals surface area contributed by atoms with E-state index < -0.39 is 0 Å². The van der Waals surface area contributed by atoms with E-state index in [1.165, 1.54) is 38.8 Å². The molecule has 2 aliphatic rings. The van der Waals surface area contributed by atoms with Gasteiger partial charge in [0, 0.05) is 42.8 Å². The van der Waals surface area contributed by atoms with Gasteiger partial charge in [-0.15, -0.1) is 0 Å². The van der Waals surface area contributed by atoms with E-state index in [4.69, 9.17) is 0 Å². The fraction of sp³-hybridized carbons (Fsp3) is 0.500. The van der Waals surface area contributed by atoms with E-state index in [1.54, 1.807) is 0 Å². The van der Waals surface area contributed by atoms with Crippen LogP contribution in [-0.2, 0) is 0 Å². The number of carbonyl (C=O) groups is 1. The largest absolute Gasteiger partial charge is 0.339 e. The number of hydrogen-bond acceptors (Lipinski definition) is 2. The molecule has 4 heteroatoms. The highest BCUT2D eigenvalue weighted by Gasteiger charge is 2.27. The maximum atomic E-state index is 12.8. The smallest absolute Gasteiger partial charge is 0.253 e. The van der Waals surface area contributed by atoms with Crippen molar-refractivity contribution in [1.82, 2.24) is 14.4 Å². The molecule has 2 aliphatic heterocycles. The topological polar surface area (TPSA) is 28.5 Å². The highest BCUT2D eigenvalue weighted by Crippen LogP contribution is 2.22. The average Bonchev–Trinajstić information content (AvgIpc) is 3.10. The minimum atomic E-state index is 0.179. The second-order valence-electron chi connectivity index (χ2n) is 7.61. The molecule has 0 bridgehead atoms. The molecule has 2 saturated heterocycles. The van der Waals surface area contributed by atoms with Crippen LogP contribution in [0.2, 0.25) is 0 Å². The molecule has 1 amide bonds. The first-order valence-electron chi connectivity index (χ1n) is 10.1. The van der Waals surface area contributed by atoms with E-state index in [0.29, 0.717) is 6.04 Å². The lowest BCUT2D eigenvalue weighted by molar-refractivity contribution is 0.0623. The summed E-state index contributed by atoms with van der Waals surface area (Å²) in [4.78, 5) is 17.6. The summed E-state index contributed by atoms with van der Waals surface area (Å²) in [5, 5.41) is 0. The Bertz CT molecular complexity index is 691. The lowest BCUT2D eigenvalue weighted by Crippen LogP contribution is -2.47. The van der Waals surface area contributed by atoms with E-state index in [-0.39, 0.29) is 5.91 Å². The van der Waals surface area contributed by atoms with Crippen LogP contribution in [0.5, 0.6) is 0 Å². The Labute approximate surface area is 156 Å². The van der Waals surface area contributed by atoms with Gasteiger partial charge >= 0.3 is 0 Å². The van der Waals surface area contributed by atoms with Crippen molar-refractivity contribution in [2.45, 2.75) is 44.6 Å². The highest BCUT2D eigenvalue weighted by molar-refractivity contribution is 5.94. The average molecular weight is 351 g/mol. The minimum absolute atomic E-state index is 0.179. The molecule has 1 aromatic heterocycles. The lowest BCUT2D eigenvalue weighted by Gasteiger charge is -2.38. The van der Waals surface area contributed by atoms with Crippen molar-refractivity contribution >= 4 is 5.91 Å². The van der Waals surface area contributed by atoms with Crippen molar-refractivity contribution in [3.8, 4) is 5.69 Å². The SMILES string of the molecule is O=C(c1ccc(-n2cccc2)cc1)N1CCC(N2CCCCCC2)CC1. The molecule has 0 spiro atoms. The van der Waals surface area contributed by atoms with Crippen LogP contribution in [0.3, 0.4) is 0 Å². The van der Waals surface area contributed by atoms with Crippen LogP contribution >= 0.6 is 0 Å². The third kappa shape index (κ3) is 3.85. The molecule has 0 aliphatic carbocycles. The van der Waals surface area contributed by atoms with Crippen molar-refractivity contribution in [3.05, 3.63) is 54.4 Å². The number of piperidine rings is 1. The number of likely N-dealkylation sites (tertiary alicyclic amines) is 2. The van der Waals surface area contributed by atoms with Gasteiger partial charge in [-0.1, -0.05) is 12.8 Å². The minimum Gasteiger partial charge on any atom is -0.339 e. The first kappa shape index (κ1) is 17.3. The predicted octanol–water partition coefficient (Wildman–Crippen LogP) is 3.96. The summed E-state index contributed by atoms with van der Waals surface area (Å²) >= 11 is 0. The zero-order valence-corrected chi connectivity index (χ0v) is 15.5. The maximum Gasteiger partial charge on any atom is 0.253 e. The summed E-state index contributed by atoms with van der Waals surface area (Å²) in [6, 6.07) is 12.7. The van der Waals surface area contributed by atoms with E-state index in [2.05, 4.69) is 9.47 Å². The van der Waals surface area contributed by atoms with Crippen molar-refractivity contribution < 1.29 is 4.79 Å². The molecule has 0 saturated carbocycles. The highest BCUT2D eigenvalue weighted by atomic mass is 16.2. The molecule has 0 unspecified atom stereocenters. The zero-order chi connectivity index (χ0) is 17.8. The standard InChI is InChI=1S/C22H29N3O/c26-22(19-7-9-20(10-8-19)23-15-5-6-16-23)25-17-11-21(12-18-25)24-13-3-1-2-4-14-24/h5-10,15-16,21H,1-4,11-14,17-18H2. The second-order valence-corrected chi connectivity index (χ2v) is 7.61. The van der Waals surface area contributed by atoms with E-state index in [9.17, 15) is 4.79 Å². The lowest BCUT2D eigenvalue weighted by atomic mass is 10.0. The van der Waals surface area contributed by atoms with Gasteiger partial charge in [0.1, 0.15) is 0 Å². The summed E-state index contributed by atoms with van der Waals surface area (Å²) < 4.78 is 2.06. The zero-order valence-electron chi connectivity index (χ0n) is 15.5. The third-order valence-electron chi connectivity index (χ3n) is 5.93. The number of aromatic nitrogens is 1. The molecule has 0 radical (unpaired) electrons. The first-order valence-corrected chi connectivity index (χ1v) is 10.1. The van der Waals surface area contributed by atoms with Gasteiger partial charge in [-0.05, 0) is 75.2 Å². The number of nitrogens with zero attached hydrogens (tertiary/aromatic N) is 3. The van der Waals surface area contributed by atoms with Gasteiger partial charge < -0.3 is 14.4 Å². The van der Waals surface area contributed by atoms with Gasteiger partial charge in [-0.3, -0.25) is 4.79 Å². The molecule has 0 atom stereocenters. The van der Waals surface area contributed by atoms with Crippen LogP contribution < -0.4 is 0 Å². The van der Waals surface area contributed by atoms with Gasteiger partial charge in [0.2, 0.25) is 0 Å². The van der Waals surface area contributed by atoms with Crippen molar-refractivity contribution in [2.24, 2.45) is 0 Å². The fourth-order valence-electron chi connectivity index (χ4n) is 4.36.